The molecule has 31 heavy (non-hydrogen) atoms. The molecule has 0 aliphatic heterocycles. The molecule has 3 rings (SSSR count). The molecule has 0 atom stereocenters. The van der Waals surface area contributed by atoms with E-state index in [-0.39, 0.29) is 16.1 Å². The summed E-state index contributed by atoms with van der Waals surface area (Å²) in [6.45, 7) is -0.391. The number of carbonyl (C=O) groups excluding carboxylic acids is 2. The van der Waals surface area contributed by atoms with Crippen molar-refractivity contribution < 1.29 is 19.2 Å². The first-order chi connectivity index (χ1) is 14.8. The zero-order valence-electron chi connectivity index (χ0n) is 15.9. The maximum absolute atomic E-state index is 12.3. The number of carbonyl (C=O) groups is 2. The first kappa shape index (κ1) is 22.1. The Bertz CT molecular complexity index is 1140. The Kier molecular flexibility index (Phi) is 7.05. The Morgan fingerprint density at radius 1 is 1.26 bits per heavy atom. The van der Waals surface area contributed by atoms with Crippen LogP contribution >= 0.6 is 23.4 Å². The smallest absolute Gasteiger partial charge is 0.284 e. The quantitative estimate of drug-likeness (QED) is 0.402. The van der Waals surface area contributed by atoms with Gasteiger partial charge in [-0.15, -0.1) is 10.2 Å². The molecule has 11 nitrogen and oxygen atoms in total. The topological polar surface area (TPSA) is 141 Å². The SMILES string of the molecule is Cn1cnnc1Sc1ccc(C(=O)NNC(=O)COc2ccccc2Cl)cc1[N+](=O)[O-]. The van der Waals surface area contributed by atoms with E-state index in [4.69, 9.17) is 16.3 Å². The van der Waals surface area contributed by atoms with Crippen LogP contribution in [0.1, 0.15) is 10.4 Å². The molecule has 2 aromatic carbocycles. The summed E-state index contributed by atoms with van der Waals surface area (Å²) in [7, 11) is 1.70. The summed E-state index contributed by atoms with van der Waals surface area (Å²) in [5, 5.41) is 19.8. The molecule has 1 heterocycles. The van der Waals surface area contributed by atoms with Crippen molar-refractivity contribution in [3.63, 3.8) is 0 Å². The number of hydrogen-bond acceptors (Lipinski definition) is 8. The third kappa shape index (κ3) is 5.71. The van der Waals surface area contributed by atoms with Gasteiger partial charge in [0.2, 0.25) is 0 Å². The van der Waals surface area contributed by atoms with Crippen molar-refractivity contribution in [2.75, 3.05) is 6.61 Å². The Balaban J connectivity index is 1.61. The van der Waals surface area contributed by atoms with Gasteiger partial charge < -0.3 is 9.30 Å². The summed E-state index contributed by atoms with van der Waals surface area (Å²) < 4.78 is 6.87. The number of halogens is 1. The number of para-hydroxylation sites is 1. The molecule has 2 amide bonds. The number of ether oxygens (including phenoxy) is 1. The zero-order chi connectivity index (χ0) is 22.4. The van der Waals surface area contributed by atoms with Crippen LogP contribution in [0.15, 0.2) is 58.8 Å². The molecular formula is C18H15ClN6O5S. The van der Waals surface area contributed by atoms with Crippen LogP contribution in [0.25, 0.3) is 0 Å². The summed E-state index contributed by atoms with van der Waals surface area (Å²) in [5.41, 5.74) is 4.06. The Morgan fingerprint density at radius 3 is 2.71 bits per heavy atom. The molecule has 0 fully saturated rings. The van der Waals surface area contributed by atoms with Gasteiger partial charge in [-0.25, -0.2) is 0 Å². The third-order valence-electron chi connectivity index (χ3n) is 3.80. The Hall–Kier alpha value is -3.64. The number of nitrogens with zero attached hydrogens (tertiary/aromatic N) is 4. The van der Waals surface area contributed by atoms with Crippen molar-refractivity contribution in [2.24, 2.45) is 7.05 Å². The monoisotopic (exact) mass is 462 g/mol. The van der Waals surface area contributed by atoms with Gasteiger partial charge in [-0.2, -0.15) is 0 Å². The fourth-order valence-corrected chi connectivity index (χ4v) is 3.33. The number of aromatic nitrogens is 3. The summed E-state index contributed by atoms with van der Waals surface area (Å²) in [4.78, 5) is 35.3. The minimum Gasteiger partial charge on any atom is -0.482 e. The van der Waals surface area contributed by atoms with E-state index in [9.17, 15) is 19.7 Å². The standard InChI is InChI=1S/C18H15ClN6O5S/c1-24-10-20-23-18(24)31-15-7-6-11(8-13(15)25(28)29)17(27)22-21-16(26)9-30-14-5-3-2-4-12(14)19/h2-8,10H,9H2,1H3,(H,21,26)(H,22,27). The second-order valence-corrected chi connectivity index (χ2v) is 7.40. The average Bonchev–Trinajstić information content (AvgIpc) is 3.15. The molecule has 2 N–H and O–H groups in total. The second kappa shape index (κ2) is 9.91. The summed E-state index contributed by atoms with van der Waals surface area (Å²) in [6.07, 6.45) is 1.47. The second-order valence-electron chi connectivity index (χ2n) is 5.99. The molecule has 13 heteroatoms. The maximum Gasteiger partial charge on any atom is 0.284 e. The highest BCUT2D eigenvalue weighted by molar-refractivity contribution is 7.99. The molecule has 0 aliphatic rings. The fourth-order valence-electron chi connectivity index (χ4n) is 2.29. The largest absolute Gasteiger partial charge is 0.482 e. The first-order valence-corrected chi connectivity index (χ1v) is 9.81. The summed E-state index contributed by atoms with van der Waals surface area (Å²) in [6, 6.07) is 10.5. The Morgan fingerprint density at radius 2 is 2.03 bits per heavy atom. The van der Waals surface area contributed by atoms with Gasteiger partial charge in [0.15, 0.2) is 11.8 Å². The van der Waals surface area contributed by atoms with Gasteiger partial charge in [-0.1, -0.05) is 23.7 Å². The molecule has 1 aromatic heterocycles. The lowest BCUT2D eigenvalue weighted by Crippen LogP contribution is -2.43. The van der Waals surface area contributed by atoms with E-state index < -0.39 is 23.3 Å². The fraction of sp³-hybridized carbons (Fsp3) is 0.111. The Labute approximate surface area is 184 Å². The number of rotatable bonds is 7. The predicted octanol–water partition coefficient (Wildman–Crippen LogP) is 2.37. The number of amides is 2. The van der Waals surface area contributed by atoms with E-state index in [0.29, 0.717) is 15.9 Å². The predicted molar refractivity (Wildman–Crippen MR) is 111 cm³/mol. The van der Waals surface area contributed by atoms with E-state index >= 15 is 0 Å². The van der Waals surface area contributed by atoms with Gasteiger partial charge in [-0.3, -0.25) is 30.6 Å². The molecule has 0 spiro atoms. The van der Waals surface area contributed by atoms with Crippen molar-refractivity contribution in [3.8, 4) is 5.75 Å². The molecule has 160 valence electrons. The lowest BCUT2D eigenvalue weighted by Gasteiger charge is -2.10. The minimum atomic E-state index is -0.732. The van der Waals surface area contributed by atoms with E-state index in [1.165, 1.54) is 18.5 Å². The highest BCUT2D eigenvalue weighted by Crippen LogP contribution is 2.34. The highest BCUT2D eigenvalue weighted by atomic mass is 35.5. The van der Waals surface area contributed by atoms with Gasteiger partial charge >= 0.3 is 0 Å². The van der Waals surface area contributed by atoms with Crippen LogP contribution in [0.5, 0.6) is 5.75 Å². The number of hydrogen-bond donors (Lipinski definition) is 2. The van der Waals surface area contributed by atoms with Crippen molar-refractivity contribution in [1.82, 2.24) is 25.6 Å². The van der Waals surface area contributed by atoms with E-state index in [2.05, 4.69) is 21.0 Å². The molecular weight excluding hydrogens is 448 g/mol. The van der Waals surface area contributed by atoms with Crippen molar-refractivity contribution in [1.29, 1.82) is 0 Å². The third-order valence-corrected chi connectivity index (χ3v) is 5.23. The zero-order valence-corrected chi connectivity index (χ0v) is 17.5. The van der Waals surface area contributed by atoms with Crippen LogP contribution in [0.3, 0.4) is 0 Å². The van der Waals surface area contributed by atoms with Crippen LogP contribution in [-0.4, -0.2) is 38.1 Å². The van der Waals surface area contributed by atoms with Crippen molar-refractivity contribution >= 4 is 40.9 Å². The van der Waals surface area contributed by atoms with Crippen LogP contribution in [0, 0.1) is 10.1 Å². The van der Waals surface area contributed by atoms with E-state index in [1.54, 1.807) is 35.9 Å². The summed E-state index contributed by atoms with van der Waals surface area (Å²) >= 11 is 6.97. The highest BCUT2D eigenvalue weighted by Gasteiger charge is 2.20. The van der Waals surface area contributed by atoms with Crippen molar-refractivity contribution in [2.45, 2.75) is 10.1 Å². The first-order valence-electron chi connectivity index (χ1n) is 8.62. The van der Waals surface area contributed by atoms with Gasteiger partial charge in [0, 0.05) is 18.7 Å². The number of nitro benzene ring substituents is 1. The molecule has 3 aromatic rings. The number of nitro groups is 1. The van der Waals surface area contributed by atoms with Gasteiger partial charge in [0.1, 0.15) is 12.1 Å². The molecule has 0 unspecified atom stereocenters. The van der Waals surface area contributed by atoms with Crippen LogP contribution in [0.4, 0.5) is 5.69 Å². The van der Waals surface area contributed by atoms with Gasteiger partial charge in [0.05, 0.1) is 14.8 Å². The summed E-state index contributed by atoms with van der Waals surface area (Å²) in [5.74, 6) is -1.06. The van der Waals surface area contributed by atoms with Crippen LogP contribution in [0.2, 0.25) is 5.02 Å². The lowest BCUT2D eigenvalue weighted by atomic mass is 10.2. The average molecular weight is 463 g/mol. The maximum atomic E-state index is 12.3. The molecule has 0 radical (unpaired) electrons. The molecule has 0 bridgehead atoms. The van der Waals surface area contributed by atoms with Crippen LogP contribution < -0.4 is 15.6 Å². The lowest BCUT2D eigenvalue weighted by molar-refractivity contribution is -0.387. The molecule has 0 saturated heterocycles. The normalized spacial score (nSPS) is 10.4. The van der Waals surface area contributed by atoms with E-state index in [0.717, 1.165) is 17.8 Å². The van der Waals surface area contributed by atoms with Gasteiger partial charge in [-0.05, 0) is 36.0 Å². The number of aryl methyl sites for hydroxylation is 1. The van der Waals surface area contributed by atoms with Crippen LogP contribution in [-0.2, 0) is 11.8 Å². The molecule has 0 saturated carbocycles. The minimum absolute atomic E-state index is 0.0127. The van der Waals surface area contributed by atoms with Gasteiger partial charge in [0.25, 0.3) is 17.5 Å². The van der Waals surface area contributed by atoms with E-state index in [1.807, 2.05) is 0 Å². The van der Waals surface area contributed by atoms with Crippen molar-refractivity contribution in [3.05, 3.63) is 69.5 Å². The number of nitrogens with one attached hydrogen (secondary N) is 2. The number of hydrazine groups is 1. The number of benzene rings is 2. The molecule has 0 aliphatic carbocycles.